The molecule has 0 unspecified atom stereocenters. The Morgan fingerprint density at radius 2 is 2.14 bits per heavy atom. The summed E-state index contributed by atoms with van der Waals surface area (Å²) < 4.78 is 5.08. The van der Waals surface area contributed by atoms with Gasteiger partial charge in [-0.1, -0.05) is 13.8 Å². The molecule has 2 aromatic heterocycles. The fraction of sp³-hybridized carbons (Fsp3) is 0.500. The number of fused-ring (bicyclic) bond motifs is 1. The van der Waals surface area contributed by atoms with Gasteiger partial charge in [-0.3, -0.25) is 0 Å². The highest BCUT2D eigenvalue weighted by Gasteiger charge is 2.21. The summed E-state index contributed by atoms with van der Waals surface area (Å²) >= 11 is 7.25. The number of thiophene rings is 1. The van der Waals surface area contributed by atoms with Gasteiger partial charge in [0.15, 0.2) is 0 Å². The molecule has 1 N–H and O–H groups in total. The predicted octanol–water partition coefficient (Wildman–Crippen LogP) is 3.90. The molecule has 0 saturated carbocycles. The number of halogens is 1. The van der Waals surface area contributed by atoms with Crippen LogP contribution in [-0.4, -0.2) is 29.1 Å². The monoisotopic (exact) mass is 327 g/mol. The van der Waals surface area contributed by atoms with Crippen LogP contribution in [0.1, 0.15) is 36.0 Å². The van der Waals surface area contributed by atoms with Crippen molar-refractivity contribution in [1.82, 2.24) is 9.97 Å². The molecule has 2 heterocycles. The zero-order valence-corrected chi connectivity index (χ0v) is 14.1. The first-order valence-electron chi connectivity index (χ1n) is 6.81. The quantitative estimate of drug-likeness (QED) is 0.666. The summed E-state index contributed by atoms with van der Waals surface area (Å²) in [5, 5.41) is 4.28. The molecule has 2 aromatic rings. The standard InChI is InChI=1S/C14H18ClN3O2S/c1-5-20-13(19)10-8(4)9-11(16-6-7(2)3)17-14(15)18-12(9)21-10/h7H,5-6H2,1-4H3,(H,16,17,18). The highest BCUT2D eigenvalue weighted by molar-refractivity contribution is 7.20. The normalized spacial score (nSPS) is 11.1. The lowest BCUT2D eigenvalue weighted by atomic mass is 10.2. The van der Waals surface area contributed by atoms with E-state index in [0.29, 0.717) is 28.1 Å². The van der Waals surface area contributed by atoms with Gasteiger partial charge >= 0.3 is 5.97 Å². The lowest BCUT2D eigenvalue weighted by Gasteiger charge is -2.10. The second-order valence-corrected chi connectivity index (χ2v) is 6.41. The Hall–Kier alpha value is -1.40. The molecule has 0 atom stereocenters. The second kappa shape index (κ2) is 6.58. The maximum Gasteiger partial charge on any atom is 0.348 e. The van der Waals surface area contributed by atoms with Gasteiger partial charge in [0.25, 0.3) is 0 Å². The first kappa shape index (κ1) is 16.0. The summed E-state index contributed by atoms with van der Waals surface area (Å²) in [5.41, 5.74) is 0.830. The molecule has 0 aromatic carbocycles. The molecule has 0 aliphatic carbocycles. The van der Waals surface area contributed by atoms with E-state index in [4.69, 9.17) is 16.3 Å². The van der Waals surface area contributed by atoms with Crippen LogP contribution in [-0.2, 0) is 4.74 Å². The number of esters is 1. The Morgan fingerprint density at radius 3 is 2.76 bits per heavy atom. The SMILES string of the molecule is CCOC(=O)c1sc2nc(Cl)nc(NCC(C)C)c2c1C. The summed E-state index contributed by atoms with van der Waals surface area (Å²) in [5.74, 6) is 0.809. The number of aromatic nitrogens is 2. The van der Waals surface area contributed by atoms with E-state index >= 15 is 0 Å². The van der Waals surface area contributed by atoms with Crippen LogP contribution in [0.25, 0.3) is 10.2 Å². The van der Waals surface area contributed by atoms with Gasteiger partial charge in [0, 0.05) is 6.54 Å². The number of hydrogen-bond acceptors (Lipinski definition) is 6. The molecule has 2 rings (SSSR count). The van der Waals surface area contributed by atoms with Crippen LogP contribution in [0.4, 0.5) is 5.82 Å². The molecule has 0 bridgehead atoms. The van der Waals surface area contributed by atoms with Crippen LogP contribution < -0.4 is 5.32 Å². The smallest absolute Gasteiger partial charge is 0.348 e. The molecular weight excluding hydrogens is 310 g/mol. The van der Waals surface area contributed by atoms with Crippen molar-refractivity contribution in [2.75, 3.05) is 18.5 Å². The minimum Gasteiger partial charge on any atom is -0.462 e. The zero-order valence-electron chi connectivity index (χ0n) is 12.5. The number of ether oxygens (including phenoxy) is 1. The lowest BCUT2D eigenvalue weighted by Crippen LogP contribution is -2.10. The van der Waals surface area contributed by atoms with E-state index < -0.39 is 0 Å². The van der Waals surface area contributed by atoms with Gasteiger partial charge < -0.3 is 10.1 Å². The van der Waals surface area contributed by atoms with Gasteiger partial charge in [-0.2, -0.15) is 0 Å². The van der Waals surface area contributed by atoms with Crippen molar-refractivity contribution in [3.63, 3.8) is 0 Å². The molecular formula is C14H18ClN3O2S. The Bertz CT molecular complexity index is 670. The molecule has 0 aliphatic rings. The van der Waals surface area contributed by atoms with Crippen LogP contribution in [0.5, 0.6) is 0 Å². The number of carbonyl (C=O) groups excluding carboxylic acids is 1. The lowest BCUT2D eigenvalue weighted by molar-refractivity contribution is 0.0531. The largest absolute Gasteiger partial charge is 0.462 e. The van der Waals surface area contributed by atoms with E-state index in [2.05, 4.69) is 29.1 Å². The molecule has 5 nitrogen and oxygen atoms in total. The van der Waals surface area contributed by atoms with Gasteiger partial charge in [-0.05, 0) is 36.9 Å². The fourth-order valence-electron chi connectivity index (χ4n) is 1.93. The molecule has 0 amide bonds. The molecule has 21 heavy (non-hydrogen) atoms. The van der Waals surface area contributed by atoms with E-state index in [9.17, 15) is 4.79 Å². The first-order chi connectivity index (χ1) is 9.93. The number of nitrogens with zero attached hydrogens (tertiary/aromatic N) is 2. The number of aryl methyl sites for hydroxylation is 1. The average Bonchev–Trinajstić information content (AvgIpc) is 2.73. The fourth-order valence-corrected chi connectivity index (χ4v) is 3.23. The number of rotatable bonds is 5. The Balaban J connectivity index is 2.51. The zero-order chi connectivity index (χ0) is 15.6. The molecule has 0 spiro atoms. The number of nitrogens with one attached hydrogen (secondary N) is 1. The maximum absolute atomic E-state index is 12.0. The van der Waals surface area contributed by atoms with Crippen LogP contribution in [0.3, 0.4) is 0 Å². The summed E-state index contributed by atoms with van der Waals surface area (Å²) in [7, 11) is 0. The summed E-state index contributed by atoms with van der Waals surface area (Å²) in [4.78, 5) is 21.7. The second-order valence-electron chi connectivity index (χ2n) is 5.07. The molecule has 0 radical (unpaired) electrons. The van der Waals surface area contributed by atoms with Crippen LogP contribution in [0.2, 0.25) is 5.28 Å². The van der Waals surface area contributed by atoms with E-state index in [-0.39, 0.29) is 11.3 Å². The number of carbonyl (C=O) groups is 1. The Kier molecular flexibility index (Phi) is 5.00. The Labute approximate surface area is 132 Å². The molecule has 7 heteroatoms. The van der Waals surface area contributed by atoms with Crippen molar-refractivity contribution in [3.8, 4) is 0 Å². The van der Waals surface area contributed by atoms with Gasteiger partial charge in [-0.15, -0.1) is 11.3 Å². The number of anilines is 1. The van der Waals surface area contributed by atoms with Gasteiger partial charge in [0.1, 0.15) is 15.5 Å². The highest BCUT2D eigenvalue weighted by atomic mass is 35.5. The van der Waals surface area contributed by atoms with E-state index in [1.165, 1.54) is 11.3 Å². The van der Waals surface area contributed by atoms with Crippen molar-refractivity contribution in [1.29, 1.82) is 0 Å². The first-order valence-corrected chi connectivity index (χ1v) is 8.01. The maximum atomic E-state index is 12.0. The molecule has 0 aliphatic heterocycles. The van der Waals surface area contributed by atoms with Crippen molar-refractivity contribution < 1.29 is 9.53 Å². The number of hydrogen-bond donors (Lipinski definition) is 1. The van der Waals surface area contributed by atoms with Crippen molar-refractivity contribution in [2.24, 2.45) is 5.92 Å². The molecule has 114 valence electrons. The van der Waals surface area contributed by atoms with Crippen LogP contribution in [0.15, 0.2) is 0 Å². The molecule has 0 fully saturated rings. The van der Waals surface area contributed by atoms with E-state index in [0.717, 1.165) is 17.5 Å². The minimum absolute atomic E-state index is 0.172. The Morgan fingerprint density at radius 1 is 1.43 bits per heavy atom. The third-order valence-electron chi connectivity index (χ3n) is 2.90. The summed E-state index contributed by atoms with van der Waals surface area (Å²) in [6.45, 7) is 8.99. The predicted molar refractivity (Wildman–Crippen MR) is 86.4 cm³/mol. The van der Waals surface area contributed by atoms with Crippen LogP contribution in [0, 0.1) is 12.8 Å². The topological polar surface area (TPSA) is 64.1 Å². The minimum atomic E-state index is -0.330. The highest BCUT2D eigenvalue weighted by Crippen LogP contribution is 2.35. The van der Waals surface area contributed by atoms with E-state index in [1.54, 1.807) is 6.92 Å². The summed E-state index contributed by atoms with van der Waals surface area (Å²) in [6, 6.07) is 0. The van der Waals surface area contributed by atoms with Gasteiger partial charge in [-0.25, -0.2) is 14.8 Å². The van der Waals surface area contributed by atoms with Crippen LogP contribution >= 0.6 is 22.9 Å². The summed E-state index contributed by atoms with van der Waals surface area (Å²) in [6.07, 6.45) is 0. The van der Waals surface area contributed by atoms with Crippen molar-refractivity contribution in [2.45, 2.75) is 27.7 Å². The van der Waals surface area contributed by atoms with Gasteiger partial charge in [0.2, 0.25) is 5.28 Å². The average molecular weight is 328 g/mol. The molecule has 0 saturated heterocycles. The van der Waals surface area contributed by atoms with Crippen molar-refractivity contribution in [3.05, 3.63) is 15.7 Å². The third-order valence-corrected chi connectivity index (χ3v) is 4.24. The van der Waals surface area contributed by atoms with Gasteiger partial charge in [0.05, 0.1) is 12.0 Å². The van der Waals surface area contributed by atoms with Crippen molar-refractivity contribution >= 4 is 44.9 Å². The third kappa shape index (κ3) is 3.44. The van der Waals surface area contributed by atoms with E-state index in [1.807, 2.05) is 6.92 Å².